The van der Waals surface area contributed by atoms with Crippen molar-refractivity contribution < 1.29 is 24.0 Å². The second-order valence-electron chi connectivity index (χ2n) is 8.54. The molecule has 1 N–H and O–H groups in total. The number of ketones is 1. The predicted octanol–water partition coefficient (Wildman–Crippen LogP) is 4.92. The Morgan fingerprint density at radius 1 is 1.03 bits per heavy atom. The minimum absolute atomic E-state index is 0.00107. The summed E-state index contributed by atoms with van der Waals surface area (Å²) in [5.41, 5.74) is 5.03. The van der Waals surface area contributed by atoms with Crippen LogP contribution >= 0.6 is 0 Å². The maximum absolute atomic E-state index is 13.4. The number of carbonyl (C=O) groups excluding carboxylic acids is 2. The summed E-state index contributed by atoms with van der Waals surface area (Å²) in [7, 11) is 1.32. The molecule has 36 heavy (non-hydrogen) atoms. The Kier molecular flexibility index (Phi) is 5.85. The van der Waals surface area contributed by atoms with Gasteiger partial charge in [0.25, 0.3) is 5.69 Å². The maximum atomic E-state index is 13.4. The third-order valence-electron chi connectivity index (χ3n) is 6.39. The Bertz CT molecular complexity index is 1470. The molecule has 0 aromatic heterocycles. The molecule has 8 heteroatoms. The first-order chi connectivity index (χ1) is 17.4. The highest BCUT2D eigenvalue weighted by molar-refractivity contribution is 6.23. The Balaban J connectivity index is 1.46. The average Bonchev–Trinajstić information content (AvgIpc) is 3.18. The highest BCUT2D eigenvalue weighted by Crippen LogP contribution is 2.46. The monoisotopic (exact) mass is 482 g/mol. The summed E-state index contributed by atoms with van der Waals surface area (Å²) in [4.78, 5) is 36.8. The van der Waals surface area contributed by atoms with Crippen LogP contribution in [0.15, 0.2) is 89.6 Å². The van der Waals surface area contributed by atoms with E-state index in [0.717, 1.165) is 11.1 Å². The summed E-state index contributed by atoms with van der Waals surface area (Å²) in [6, 6.07) is 20.8. The predicted molar refractivity (Wildman–Crippen MR) is 132 cm³/mol. The topological polar surface area (TPSA) is 108 Å². The number of carbonyl (C=O) groups is 2. The van der Waals surface area contributed by atoms with E-state index >= 15 is 0 Å². The summed E-state index contributed by atoms with van der Waals surface area (Å²) in [6.07, 6.45) is 0. The molecule has 1 aliphatic heterocycles. The Morgan fingerprint density at radius 2 is 1.75 bits per heavy atom. The van der Waals surface area contributed by atoms with Crippen molar-refractivity contribution in [3.63, 3.8) is 0 Å². The van der Waals surface area contributed by atoms with Gasteiger partial charge in [-0.25, -0.2) is 4.79 Å². The highest BCUT2D eigenvalue weighted by Gasteiger charge is 2.42. The zero-order chi connectivity index (χ0) is 25.4. The molecule has 0 spiro atoms. The minimum Gasteiger partial charge on any atom is -0.489 e. The second-order valence-corrected chi connectivity index (χ2v) is 8.54. The number of nitrogens with zero attached hydrogens (tertiary/aromatic N) is 1. The Labute approximate surface area is 207 Å². The number of nitrogens with one attached hydrogen (secondary N) is 1. The van der Waals surface area contributed by atoms with Gasteiger partial charge in [-0.2, -0.15) is 0 Å². The number of ether oxygens (including phenoxy) is 2. The molecule has 0 saturated heterocycles. The first kappa shape index (κ1) is 23.0. The standard InChI is InChI=1S/C28H22N2O6/c1-16-23(28(32)35-2)24(25-26(29-16)21-8-3-4-9-22(21)27(25)31)18-10-12-20(13-11-18)36-15-17-6-5-7-19(14-17)30(33)34/h3-14,24,29H,15H2,1-2H3. The molecule has 8 nitrogen and oxygen atoms in total. The number of methoxy groups -OCH3 is 1. The Hall–Kier alpha value is -4.72. The first-order valence-electron chi connectivity index (χ1n) is 11.3. The van der Waals surface area contributed by atoms with Crippen molar-refractivity contribution in [2.24, 2.45) is 0 Å². The van der Waals surface area contributed by atoms with E-state index in [1.54, 1.807) is 37.3 Å². The summed E-state index contributed by atoms with van der Waals surface area (Å²) >= 11 is 0. The normalized spacial score (nSPS) is 16.3. The molecule has 3 aromatic carbocycles. The van der Waals surface area contributed by atoms with Crippen molar-refractivity contribution in [2.75, 3.05) is 7.11 Å². The third-order valence-corrected chi connectivity index (χ3v) is 6.39. The maximum Gasteiger partial charge on any atom is 0.336 e. The van der Waals surface area contributed by atoms with Gasteiger partial charge in [-0.3, -0.25) is 14.9 Å². The molecule has 1 aliphatic carbocycles. The molecule has 0 radical (unpaired) electrons. The van der Waals surface area contributed by atoms with E-state index in [9.17, 15) is 19.7 Å². The van der Waals surface area contributed by atoms with Crippen LogP contribution in [0.5, 0.6) is 5.75 Å². The zero-order valence-electron chi connectivity index (χ0n) is 19.6. The number of benzene rings is 3. The molecule has 1 heterocycles. The molecule has 2 aliphatic rings. The number of nitro groups is 1. The van der Waals surface area contributed by atoms with Crippen LogP contribution < -0.4 is 10.1 Å². The van der Waals surface area contributed by atoms with E-state index in [-0.39, 0.29) is 18.1 Å². The van der Waals surface area contributed by atoms with E-state index in [0.29, 0.717) is 39.4 Å². The number of nitro benzene ring substituents is 1. The van der Waals surface area contributed by atoms with Gasteiger partial charge in [0.15, 0.2) is 5.78 Å². The van der Waals surface area contributed by atoms with Crippen molar-refractivity contribution in [3.05, 3.63) is 122 Å². The molecule has 0 fully saturated rings. The number of esters is 1. The summed E-state index contributed by atoms with van der Waals surface area (Å²) in [6.45, 7) is 1.95. The lowest BCUT2D eigenvalue weighted by Crippen LogP contribution is -2.29. The number of fused-ring (bicyclic) bond motifs is 2. The van der Waals surface area contributed by atoms with Crippen LogP contribution in [0.4, 0.5) is 5.69 Å². The molecule has 5 rings (SSSR count). The molecule has 0 saturated carbocycles. The highest BCUT2D eigenvalue weighted by atomic mass is 16.6. The van der Waals surface area contributed by atoms with Crippen molar-refractivity contribution in [3.8, 4) is 5.75 Å². The molecule has 1 atom stereocenters. The quantitative estimate of drug-likeness (QED) is 0.302. The van der Waals surface area contributed by atoms with Crippen LogP contribution in [0.25, 0.3) is 5.70 Å². The van der Waals surface area contributed by atoms with E-state index in [4.69, 9.17) is 9.47 Å². The van der Waals surface area contributed by atoms with Crippen LogP contribution in [-0.2, 0) is 16.1 Å². The fraction of sp³-hybridized carbons (Fsp3) is 0.143. The fourth-order valence-corrected chi connectivity index (χ4v) is 4.73. The number of non-ortho nitro benzene ring substituents is 1. The smallest absolute Gasteiger partial charge is 0.336 e. The minimum atomic E-state index is -0.612. The number of dihydropyridines is 1. The largest absolute Gasteiger partial charge is 0.489 e. The lowest BCUT2D eigenvalue weighted by atomic mass is 9.80. The van der Waals surface area contributed by atoms with Gasteiger partial charge in [-0.05, 0) is 30.2 Å². The zero-order valence-corrected chi connectivity index (χ0v) is 19.6. The van der Waals surface area contributed by atoms with Crippen LogP contribution in [0.2, 0.25) is 0 Å². The number of allylic oxidation sites excluding steroid dienone is 2. The van der Waals surface area contributed by atoms with Gasteiger partial charge < -0.3 is 14.8 Å². The van der Waals surface area contributed by atoms with Gasteiger partial charge in [0.1, 0.15) is 12.4 Å². The van der Waals surface area contributed by atoms with Crippen LogP contribution in [0.1, 0.15) is 39.9 Å². The lowest BCUT2D eigenvalue weighted by molar-refractivity contribution is -0.384. The van der Waals surface area contributed by atoms with Crippen LogP contribution in [0.3, 0.4) is 0 Å². The number of rotatable bonds is 6. The molecule has 180 valence electrons. The van der Waals surface area contributed by atoms with Crippen LogP contribution in [0, 0.1) is 10.1 Å². The van der Waals surface area contributed by atoms with Crippen LogP contribution in [-0.4, -0.2) is 23.8 Å². The second kappa shape index (κ2) is 9.14. The van der Waals surface area contributed by atoms with E-state index in [1.807, 2.05) is 30.3 Å². The van der Waals surface area contributed by atoms with Crippen molar-refractivity contribution >= 4 is 23.1 Å². The SMILES string of the molecule is COC(=O)C1=C(C)NC2=C(C(=O)c3ccccc32)C1c1ccc(OCc2cccc([N+](=O)[O-])c2)cc1. The summed E-state index contributed by atoms with van der Waals surface area (Å²) in [5, 5.41) is 14.3. The third kappa shape index (κ3) is 3.92. The van der Waals surface area contributed by atoms with Crippen molar-refractivity contribution in [1.82, 2.24) is 5.32 Å². The van der Waals surface area contributed by atoms with Gasteiger partial charge >= 0.3 is 5.97 Å². The Morgan fingerprint density at radius 3 is 2.44 bits per heavy atom. The lowest BCUT2D eigenvalue weighted by Gasteiger charge is -2.29. The molecular formula is C28H22N2O6. The van der Waals surface area contributed by atoms with Gasteiger partial charge in [-0.15, -0.1) is 0 Å². The molecule has 1 unspecified atom stereocenters. The van der Waals surface area contributed by atoms with E-state index < -0.39 is 16.8 Å². The fourth-order valence-electron chi connectivity index (χ4n) is 4.73. The van der Waals surface area contributed by atoms with Gasteiger partial charge in [-0.1, -0.05) is 48.5 Å². The first-order valence-corrected chi connectivity index (χ1v) is 11.3. The van der Waals surface area contributed by atoms with Crippen molar-refractivity contribution in [2.45, 2.75) is 19.4 Å². The number of Topliss-reactive ketones (excluding diaryl/α,β-unsaturated/α-hetero) is 1. The van der Waals surface area contributed by atoms with Crippen molar-refractivity contribution in [1.29, 1.82) is 0 Å². The summed E-state index contributed by atoms with van der Waals surface area (Å²) < 4.78 is 10.9. The molecule has 0 amide bonds. The molecular weight excluding hydrogens is 460 g/mol. The molecule has 0 bridgehead atoms. The van der Waals surface area contributed by atoms with Gasteiger partial charge in [0.05, 0.1) is 23.3 Å². The van der Waals surface area contributed by atoms with Gasteiger partial charge in [0.2, 0.25) is 0 Å². The van der Waals surface area contributed by atoms with E-state index in [2.05, 4.69) is 5.32 Å². The number of hydrogen-bond acceptors (Lipinski definition) is 7. The molecule has 3 aromatic rings. The van der Waals surface area contributed by atoms with E-state index in [1.165, 1.54) is 19.2 Å². The van der Waals surface area contributed by atoms with Gasteiger partial charge in [0, 0.05) is 40.4 Å². The summed E-state index contributed by atoms with van der Waals surface area (Å²) in [5.74, 6) is -0.696. The average molecular weight is 482 g/mol. The number of hydrogen-bond donors (Lipinski definition) is 1.